The van der Waals surface area contributed by atoms with Gasteiger partial charge in [0.05, 0.1) is 6.34 Å². The standard InChI is InChI=1S/C6H6N2/c1-2-5-6(3-1)8-4-7-5/h1-5H,(H,7,8). The fourth-order valence-corrected chi connectivity index (χ4v) is 0.922. The molecule has 8 heavy (non-hydrogen) atoms. The van der Waals surface area contributed by atoms with Crippen LogP contribution in [0.2, 0.25) is 0 Å². The van der Waals surface area contributed by atoms with Gasteiger partial charge in [-0.05, 0) is 6.08 Å². The number of fused-ring (bicyclic) bond motifs is 1. The Bertz CT molecular complexity index is 189. The van der Waals surface area contributed by atoms with E-state index in [0.29, 0.717) is 6.04 Å². The Morgan fingerprint density at radius 3 is 3.50 bits per heavy atom. The van der Waals surface area contributed by atoms with Crippen LogP contribution >= 0.6 is 0 Å². The smallest absolute Gasteiger partial charge is 0.110 e. The second-order valence-electron chi connectivity index (χ2n) is 1.87. The second kappa shape index (κ2) is 1.22. The van der Waals surface area contributed by atoms with E-state index in [-0.39, 0.29) is 0 Å². The molecule has 0 radical (unpaired) electrons. The number of nitrogens with one attached hydrogen (secondary N) is 1. The summed E-state index contributed by atoms with van der Waals surface area (Å²) in [4.78, 5) is 4.11. The normalized spacial score (nSPS) is 30.0. The molecule has 40 valence electrons. The van der Waals surface area contributed by atoms with E-state index < -0.39 is 0 Å². The average molecular weight is 106 g/mol. The zero-order chi connectivity index (χ0) is 5.40. The Labute approximate surface area is 47.6 Å². The van der Waals surface area contributed by atoms with Crippen LogP contribution in [0.25, 0.3) is 0 Å². The van der Waals surface area contributed by atoms with Crippen LogP contribution in [0.3, 0.4) is 0 Å². The lowest BCUT2D eigenvalue weighted by atomic mass is 10.3. The maximum absolute atomic E-state index is 4.11. The van der Waals surface area contributed by atoms with E-state index in [0.717, 1.165) is 0 Å². The van der Waals surface area contributed by atoms with Crippen molar-refractivity contribution < 1.29 is 0 Å². The first-order chi connectivity index (χ1) is 3.97. The maximum Gasteiger partial charge on any atom is 0.110 e. The fraction of sp³-hybridized carbons (Fsp3) is 0.167. The number of rotatable bonds is 0. The molecule has 0 aromatic heterocycles. The summed E-state index contributed by atoms with van der Waals surface area (Å²) in [7, 11) is 0. The van der Waals surface area contributed by atoms with Crippen molar-refractivity contribution in [3.05, 3.63) is 23.9 Å². The van der Waals surface area contributed by atoms with Gasteiger partial charge in [0.2, 0.25) is 0 Å². The van der Waals surface area contributed by atoms with Gasteiger partial charge in [-0.25, -0.2) is 0 Å². The van der Waals surface area contributed by atoms with Crippen molar-refractivity contribution in [3.8, 4) is 0 Å². The minimum Gasteiger partial charge on any atom is -0.348 e. The van der Waals surface area contributed by atoms with Crippen molar-refractivity contribution in [1.82, 2.24) is 5.32 Å². The van der Waals surface area contributed by atoms with Gasteiger partial charge in [0, 0.05) is 5.70 Å². The molecule has 2 nitrogen and oxygen atoms in total. The van der Waals surface area contributed by atoms with Crippen molar-refractivity contribution in [2.45, 2.75) is 6.04 Å². The third-order valence-electron chi connectivity index (χ3n) is 1.35. The van der Waals surface area contributed by atoms with E-state index in [1.165, 1.54) is 5.70 Å². The molecule has 1 atom stereocenters. The monoisotopic (exact) mass is 106 g/mol. The average Bonchev–Trinajstić information content (AvgIpc) is 2.15. The van der Waals surface area contributed by atoms with Crippen molar-refractivity contribution in [2.75, 3.05) is 0 Å². The summed E-state index contributed by atoms with van der Waals surface area (Å²) < 4.78 is 0. The fourth-order valence-electron chi connectivity index (χ4n) is 0.922. The molecular weight excluding hydrogens is 100 g/mol. The summed E-state index contributed by atoms with van der Waals surface area (Å²) >= 11 is 0. The van der Waals surface area contributed by atoms with Crippen LogP contribution in [0.1, 0.15) is 0 Å². The third-order valence-corrected chi connectivity index (χ3v) is 1.35. The van der Waals surface area contributed by atoms with E-state index in [2.05, 4.69) is 16.4 Å². The van der Waals surface area contributed by atoms with E-state index in [4.69, 9.17) is 0 Å². The molecule has 1 heterocycles. The Hall–Kier alpha value is -1.05. The van der Waals surface area contributed by atoms with Crippen LogP contribution in [-0.4, -0.2) is 12.4 Å². The van der Waals surface area contributed by atoms with Crippen molar-refractivity contribution in [1.29, 1.82) is 0 Å². The van der Waals surface area contributed by atoms with Crippen LogP contribution in [0.4, 0.5) is 0 Å². The molecule has 0 saturated heterocycles. The number of nitrogens with zero attached hydrogens (tertiary/aromatic N) is 1. The number of hydrogen-bond acceptors (Lipinski definition) is 2. The molecule has 2 heteroatoms. The van der Waals surface area contributed by atoms with Crippen molar-refractivity contribution >= 4 is 6.34 Å². The molecule has 0 bridgehead atoms. The molecule has 2 rings (SSSR count). The summed E-state index contributed by atoms with van der Waals surface area (Å²) in [6.07, 6.45) is 7.85. The quantitative estimate of drug-likeness (QED) is 0.476. The van der Waals surface area contributed by atoms with Gasteiger partial charge in [-0.15, -0.1) is 0 Å². The van der Waals surface area contributed by atoms with Gasteiger partial charge in [-0.1, -0.05) is 12.2 Å². The molecule has 0 aromatic rings. The van der Waals surface area contributed by atoms with Crippen LogP contribution in [0.5, 0.6) is 0 Å². The lowest BCUT2D eigenvalue weighted by Gasteiger charge is -1.95. The molecule has 2 aliphatic rings. The van der Waals surface area contributed by atoms with Gasteiger partial charge in [0.1, 0.15) is 6.04 Å². The largest absolute Gasteiger partial charge is 0.348 e. The van der Waals surface area contributed by atoms with Crippen LogP contribution in [0, 0.1) is 0 Å². The number of aliphatic imine (C=N–C) groups is 1. The molecule has 0 amide bonds. The number of allylic oxidation sites excluding steroid dienone is 2. The first-order valence-electron chi connectivity index (χ1n) is 2.63. The molecule has 1 aliphatic heterocycles. The van der Waals surface area contributed by atoms with E-state index in [1.54, 1.807) is 6.34 Å². The molecular formula is C6H6N2. The maximum atomic E-state index is 4.11. The predicted molar refractivity (Wildman–Crippen MR) is 32.6 cm³/mol. The molecule has 1 N–H and O–H groups in total. The first-order valence-corrected chi connectivity index (χ1v) is 2.63. The van der Waals surface area contributed by atoms with Crippen molar-refractivity contribution in [3.63, 3.8) is 0 Å². The Balaban J connectivity index is 2.39. The summed E-state index contributed by atoms with van der Waals surface area (Å²) in [5, 5.41) is 3.03. The van der Waals surface area contributed by atoms with Crippen LogP contribution in [0.15, 0.2) is 28.9 Å². The van der Waals surface area contributed by atoms with Gasteiger partial charge in [0.25, 0.3) is 0 Å². The van der Waals surface area contributed by atoms with Crippen LogP contribution in [-0.2, 0) is 0 Å². The zero-order valence-corrected chi connectivity index (χ0v) is 4.33. The molecule has 1 aliphatic carbocycles. The molecule has 1 unspecified atom stereocenters. The molecule has 0 aromatic carbocycles. The highest BCUT2D eigenvalue weighted by molar-refractivity contribution is 5.65. The van der Waals surface area contributed by atoms with Gasteiger partial charge in [0.15, 0.2) is 0 Å². The summed E-state index contributed by atoms with van der Waals surface area (Å²) in [5.74, 6) is 0. The molecule has 0 fully saturated rings. The Morgan fingerprint density at radius 2 is 2.62 bits per heavy atom. The first kappa shape index (κ1) is 3.89. The lowest BCUT2D eigenvalue weighted by molar-refractivity contribution is 0.977. The summed E-state index contributed by atoms with van der Waals surface area (Å²) in [6.45, 7) is 0. The molecule has 0 saturated carbocycles. The highest BCUT2D eigenvalue weighted by atomic mass is 15.1. The van der Waals surface area contributed by atoms with Gasteiger partial charge >= 0.3 is 0 Å². The minimum atomic E-state index is 0.315. The highest BCUT2D eigenvalue weighted by Gasteiger charge is 2.14. The zero-order valence-electron chi connectivity index (χ0n) is 4.33. The highest BCUT2D eigenvalue weighted by Crippen LogP contribution is 2.14. The van der Waals surface area contributed by atoms with Gasteiger partial charge in [-0.2, -0.15) is 0 Å². The van der Waals surface area contributed by atoms with Gasteiger partial charge in [-0.3, -0.25) is 4.99 Å². The SMILES string of the molecule is C1=CC2N=CNC2=C1. The second-order valence-corrected chi connectivity index (χ2v) is 1.87. The third kappa shape index (κ3) is 0.346. The van der Waals surface area contributed by atoms with Gasteiger partial charge < -0.3 is 5.32 Å². The topological polar surface area (TPSA) is 24.4 Å². The van der Waals surface area contributed by atoms with Crippen molar-refractivity contribution in [2.24, 2.45) is 4.99 Å². The molecule has 0 spiro atoms. The van der Waals surface area contributed by atoms with Crippen LogP contribution < -0.4 is 5.32 Å². The Morgan fingerprint density at radius 1 is 1.62 bits per heavy atom. The van der Waals surface area contributed by atoms with E-state index >= 15 is 0 Å². The summed E-state index contributed by atoms with van der Waals surface area (Å²) in [5.41, 5.74) is 1.20. The Kier molecular flexibility index (Phi) is 0.592. The van der Waals surface area contributed by atoms with E-state index in [9.17, 15) is 0 Å². The van der Waals surface area contributed by atoms with E-state index in [1.807, 2.05) is 12.2 Å². The summed E-state index contributed by atoms with van der Waals surface area (Å²) in [6, 6.07) is 0.315. The number of hydrogen-bond donors (Lipinski definition) is 1. The predicted octanol–water partition coefficient (Wildman–Crippen LogP) is 0.440. The minimum absolute atomic E-state index is 0.315. The lowest BCUT2D eigenvalue weighted by Crippen LogP contribution is -2.07.